The maximum atomic E-state index is 6.25. The van der Waals surface area contributed by atoms with Crippen molar-refractivity contribution in [2.24, 2.45) is 5.92 Å². The SMILES string of the molecule is CCCNCC1(OCCOC(C)C)CCCC(C)C1. The lowest BCUT2D eigenvalue weighted by Crippen LogP contribution is -2.47. The topological polar surface area (TPSA) is 30.5 Å². The minimum atomic E-state index is 0.0488. The maximum Gasteiger partial charge on any atom is 0.0810 e. The van der Waals surface area contributed by atoms with Crippen LogP contribution in [0.1, 0.15) is 59.8 Å². The van der Waals surface area contributed by atoms with Crippen molar-refractivity contribution in [1.82, 2.24) is 5.32 Å². The fourth-order valence-electron chi connectivity index (χ4n) is 2.99. The van der Waals surface area contributed by atoms with Crippen LogP contribution in [0.2, 0.25) is 0 Å². The molecule has 0 radical (unpaired) electrons. The first-order valence-electron chi connectivity index (χ1n) is 8.04. The molecule has 3 heteroatoms. The molecule has 0 amide bonds. The average molecular weight is 271 g/mol. The summed E-state index contributed by atoms with van der Waals surface area (Å²) < 4.78 is 11.8. The lowest BCUT2D eigenvalue weighted by Gasteiger charge is -2.40. The van der Waals surface area contributed by atoms with Gasteiger partial charge in [-0.05, 0) is 45.6 Å². The van der Waals surface area contributed by atoms with Gasteiger partial charge in [0.1, 0.15) is 0 Å². The number of ether oxygens (including phenoxy) is 2. The summed E-state index contributed by atoms with van der Waals surface area (Å²) in [5.74, 6) is 0.781. The molecule has 3 nitrogen and oxygen atoms in total. The molecular weight excluding hydrogens is 238 g/mol. The third kappa shape index (κ3) is 6.73. The van der Waals surface area contributed by atoms with Crippen molar-refractivity contribution >= 4 is 0 Å². The van der Waals surface area contributed by atoms with Crippen LogP contribution >= 0.6 is 0 Å². The highest BCUT2D eigenvalue weighted by Crippen LogP contribution is 2.34. The Kier molecular flexibility index (Phi) is 7.96. The number of hydrogen-bond donors (Lipinski definition) is 1. The van der Waals surface area contributed by atoms with Gasteiger partial charge in [-0.3, -0.25) is 0 Å². The highest BCUT2D eigenvalue weighted by Gasteiger charge is 2.35. The zero-order valence-corrected chi connectivity index (χ0v) is 13.3. The first-order chi connectivity index (χ1) is 9.08. The minimum Gasteiger partial charge on any atom is -0.376 e. The molecule has 0 aromatic rings. The molecule has 2 atom stereocenters. The normalized spacial score (nSPS) is 27.9. The minimum absolute atomic E-state index is 0.0488. The summed E-state index contributed by atoms with van der Waals surface area (Å²) in [4.78, 5) is 0. The molecule has 1 aliphatic carbocycles. The molecule has 19 heavy (non-hydrogen) atoms. The van der Waals surface area contributed by atoms with E-state index < -0.39 is 0 Å². The molecule has 0 heterocycles. The van der Waals surface area contributed by atoms with Gasteiger partial charge in [0, 0.05) is 6.54 Å². The molecular formula is C16H33NO2. The molecule has 1 aliphatic rings. The van der Waals surface area contributed by atoms with E-state index in [0.717, 1.165) is 25.6 Å². The Labute approximate surface area is 119 Å². The Balaban J connectivity index is 2.39. The molecule has 1 fully saturated rings. The van der Waals surface area contributed by atoms with Gasteiger partial charge in [0.25, 0.3) is 0 Å². The van der Waals surface area contributed by atoms with Crippen LogP contribution in [0.5, 0.6) is 0 Å². The second-order valence-electron chi connectivity index (χ2n) is 6.33. The summed E-state index contributed by atoms with van der Waals surface area (Å²) >= 11 is 0. The maximum absolute atomic E-state index is 6.25. The Morgan fingerprint density at radius 1 is 1.32 bits per heavy atom. The molecule has 0 spiro atoms. The highest BCUT2D eigenvalue weighted by molar-refractivity contribution is 4.89. The average Bonchev–Trinajstić information content (AvgIpc) is 2.35. The van der Waals surface area contributed by atoms with Crippen LogP contribution in [0.4, 0.5) is 0 Å². The van der Waals surface area contributed by atoms with Crippen LogP contribution < -0.4 is 5.32 Å². The molecule has 1 N–H and O–H groups in total. The largest absolute Gasteiger partial charge is 0.376 e. The Hall–Kier alpha value is -0.120. The van der Waals surface area contributed by atoms with Gasteiger partial charge in [-0.25, -0.2) is 0 Å². The summed E-state index contributed by atoms with van der Waals surface area (Å²) in [5.41, 5.74) is 0.0488. The fraction of sp³-hybridized carbons (Fsp3) is 1.00. The molecule has 2 unspecified atom stereocenters. The lowest BCUT2D eigenvalue weighted by atomic mass is 9.78. The monoisotopic (exact) mass is 271 g/mol. The Morgan fingerprint density at radius 3 is 2.74 bits per heavy atom. The summed E-state index contributed by atoms with van der Waals surface area (Å²) in [5, 5.41) is 3.55. The summed E-state index contributed by atoms with van der Waals surface area (Å²) in [6.07, 6.45) is 6.49. The summed E-state index contributed by atoms with van der Waals surface area (Å²) in [6.45, 7) is 12.2. The van der Waals surface area contributed by atoms with Crippen LogP contribution in [-0.4, -0.2) is 38.0 Å². The van der Waals surface area contributed by atoms with Crippen LogP contribution in [-0.2, 0) is 9.47 Å². The van der Waals surface area contributed by atoms with Crippen LogP contribution in [0.3, 0.4) is 0 Å². The molecule has 1 rings (SSSR count). The van der Waals surface area contributed by atoms with E-state index in [2.05, 4.69) is 33.0 Å². The van der Waals surface area contributed by atoms with Crippen molar-refractivity contribution in [3.8, 4) is 0 Å². The standard InChI is InChI=1S/C16H33NO2/c1-5-9-17-13-16(8-6-7-15(4)12-16)19-11-10-18-14(2)3/h14-15,17H,5-13H2,1-4H3. The van der Waals surface area contributed by atoms with E-state index in [9.17, 15) is 0 Å². The summed E-state index contributed by atoms with van der Waals surface area (Å²) in [6, 6.07) is 0. The van der Waals surface area contributed by atoms with E-state index in [-0.39, 0.29) is 5.60 Å². The van der Waals surface area contributed by atoms with E-state index in [1.165, 1.54) is 32.1 Å². The fourth-order valence-corrected chi connectivity index (χ4v) is 2.99. The first kappa shape index (κ1) is 16.9. The van der Waals surface area contributed by atoms with Crippen LogP contribution in [0.25, 0.3) is 0 Å². The van der Waals surface area contributed by atoms with Crippen molar-refractivity contribution < 1.29 is 9.47 Å². The Bertz CT molecular complexity index is 233. The quantitative estimate of drug-likeness (QED) is 0.652. The van der Waals surface area contributed by atoms with Gasteiger partial charge in [0.05, 0.1) is 24.9 Å². The van der Waals surface area contributed by atoms with Crippen molar-refractivity contribution in [3.63, 3.8) is 0 Å². The van der Waals surface area contributed by atoms with E-state index in [1.807, 2.05) is 0 Å². The molecule has 114 valence electrons. The van der Waals surface area contributed by atoms with Gasteiger partial charge < -0.3 is 14.8 Å². The second kappa shape index (κ2) is 8.93. The Morgan fingerprint density at radius 2 is 2.11 bits per heavy atom. The zero-order valence-electron chi connectivity index (χ0n) is 13.3. The molecule has 0 saturated heterocycles. The molecule has 0 aromatic heterocycles. The van der Waals surface area contributed by atoms with Crippen molar-refractivity contribution in [2.75, 3.05) is 26.3 Å². The third-order valence-corrected chi connectivity index (χ3v) is 3.87. The van der Waals surface area contributed by atoms with E-state index in [1.54, 1.807) is 0 Å². The van der Waals surface area contributed by atoms with E-state index in [0.29, 0.717) is 12.7 Å². The third-order valence-electron chi connectivity index (χ3n) is 3.87. The molecule has 0 aliphatic heterocycles. The number of hydrogen-bond acceptors (Lipinski definition) is 3. The summed E-state index contributed by atoms with van der Waals surface area (Å²) in [7, 11) is 0. The van der Waals surface area contributed by atoms with Crippen LogP contribution in [0, 0.1) is 5.92 Å². The van der Waals surface area contributed by atoms with Gasteiger partial charge in [0.15, 0.2) is 0 Å². The van der Waals surface area contributed by atoms with Gasteiger partial charge in [0.2, 0.25) is 0 Å². The van der Waals surface area contributed by atoms with E-state index >= 15 is 0 Å². The zero-order chi connectivity index (χ0) is 14.1. The first-order valence-corrected chi connectivity index (χ1v) is 8.04. The van der Waals surface area contributed by atoms with Gasteiger partial charge in [-0.2, -0.15) is 0 Å². The lowest BCUT2D eigenvalue weighted by molar-refractivity contribution is -0.0998. The van der Waals surface area contributed by atoms with E-state index in [4.69, 9.17) is 9.47 Å². The van der Waals surface area contributed by atoms with Crippen molar-refractivity contribution in [3.05, 3.63) is 0 Å². The molecule has 0 aromatic carbocycles. The highest BCUT2D eigenvalue weighted by atomic mass is 16.5. The number of nitrogens with one attached hydrogen (secondary N) is 1. The van der Waals surface area contributed by atoms with Crippen molar-refractivity contribution in [1.29, 1.82) is 0 Å². The predicted octanol–water partition coefficient (Wildman–Crippen LogP) is 3.38. The van der Waals surface area contributed by atoms with Gasteiger partial charge in [-0.15, -0.1) is 0 Å². The van der Waals surface area contributed by atoms with Gasteiger partial charge >= 0.3 is 0 Å². The van der Waals surface area contributed by atoms with Crippen molar-refractivity contribution in [2.45, 2.75) is 71.5 Å². The second-order valence-corrected chi connectivity index (χ2v) is 6.33. The molecule has 1 saturated carbocycles. The predicted molar refractivity (Wildman–Crippen MR) is 80.6 cm³/mol. The molecule has 0 bridgehead atoms. The smallest absolute Gasteiger partial charge is 0.0810 e. The van der Waals surface area contributed by atoms with Gasteiger partial charge in [-0.1, -0.05) is 26.7 Å². The number of rotatable bonds is 9. The van der Waals surface area contributed by atoms with Crippen LogP contribution in [0.15, 0.2) is 0 Å².